The summed E-state index contributed by atoms with van der Waals surface area (Å²) < 4.78 is -0.584. The molecule has 3 unspecified atom stereocenters. The summed E-state index contributed by atoms with van der Waals surface area (Å²) >= 11 is 1.53. The van der Waals surface area contributed by atoms with Crippen LogP contribution >= 0.6 is 11.8 Å². The van der Waals surface area contributed by atoms with Crippen LogP contribution in [0.15, 0.2) is 48.5 Å². The number of nitrogens with zero attached hydrogens (tertiary/aromatic N) is 1. The molecule has 4 rings (SSSR count). The van der Waals surface area contributed by atoms with E-state index in [-0.39, 0.29) is 23.5 Å². The number of aromatic hydroxyl groups is 1. The van der Waals surface area contributed by atoms with Crippen LogP contribution in [0.25, 0.3) is 0 Å². The topological polar surface area (TPSA) is 107 Å². The van der Waals surface area contributed by atoms with Gasteiger partial charge in [0.25, 0.3) is 5.91 Å². The number of fused-ring (bicyclic) bond motifs is 3. The van der Waals surface area contributed by atoms with Crippen molar-refractivity contribution in [2.75, 3.05) is 0 Å². The number of hydrogen-bond donors (Lipinski definition) is 3. The van der Waals surface area contributed by atoms with Crippen molar-refractivity contribution < 1.29 is 24.6 Å². The highest BCUT2D eigenvalue weighted by molar-refractivity contribution is 8.01. The number of rotatable bonds is 5. The Balaban J connectivity index is 1.57. The highest BCUT2D eigenvalue weighted by Crippen LogP contribution is 2.56. The minimum absolute atomic E-state index is 0.0687. The van der Waals surface area contributed by atoms with E-state index in [2.05, 4.69) is 5.32 Å². The maximum Gasteiger partial charge on any atom is 0.326 e. The summed E-state index contributed by atoms with van der Waals surface area (Å²) in [5.74, 6) is -1.77. The summed E-state index contributed by atoms with van der Waals surface area (Å²) in [5.41, 5.74) is 2.14. The van der Waals surface area contributed by atoms with Crippen molar-refractivity contribution in [3.8, 4) is 5.75 Å². The smallest absolute Gasteiger partial charge is 0.326 e. The Morgan fingerprint density at radius 1 is 1.17 bits per heavy atom. The number of phenolic OH excluding ortho intramolecular Hbond substituents is 1. The lowest BCUT2D eigenvalue weighted by Crippen LogP contribution is -2.56. The molecule has 156 valence electrons. The fraction of sp³-hybridized carbons (Fsp3) is 0.318. The second-order valence-corrected chi connectivity index (χ2v) is 9.78. The van der Waals surface area contributed by atoms with Crippen LogP contribution in [-0.2, 0) is 16.0 Å². The number of carboxylic acids is 1. The molecule has 30 heavy (non-hydrogen) atoms. The SMILES string of the molecule is CC1(C)SC2c3ccccc3C(=O)N2C1C(=O)NC(Cc1ccc(O)cc1)C(=O)O. The zero-order valence-electron chi connectivity index (χ0n) is 16.5. The molecule has 3 atom stereocenters. The number of carboxylic acid groups (broad SMARTS) is 1. The van der Waals surface area contributed by atoms with Crippen LogP contribution in [-0.4, -0.2) is 49.7 Å². The Morgan fingerprint density at radius 2 is 1.83 bits per heavy atom. The van der Waals surface area contributed by atoms with Crippen LogP contribution in [0.1, 0.15) is 40.7 Å². The van der Waals surface area contributed by atoms with Crippen LogP contribution in [0, 0.1) is 0 Å². The molecule has 8 heteroatoms. The van der Waals surface area contributed by atoms with Gasteiger partial charge in [0.05, 0.1) is 0 Å². The Hall–Kier alpha value is -3.00. The third-order valence-electron chi connectivity index (χ3n) is 5.54. The molecule has 2 aromatic carbocycles. The zero-order chi connectivity index (χ0) is 21.6. The van der Waals surface area contributed by atoms with Gasteiger partial charge in [-0.05, 0) is 43.2 Å². The third kappa shape index (κ3) is 3.41. The highest BCUT2D eigenvalue weighted by atomic mass is 32.2. The molecule has 0 saturated carbocycles. The normalized spacial score (nSPS) is 22.3. The van der Waals surface area contributed by atoms with Gasteiger partial charge in [0.1, 0.15) is 23.2 Å². The summed E-state index contributed by atoms with van der Waals surface area (Å²) in [6.45, 7) is 3.79. The van der Waals surface area contributed by atoms with Crippen LogP contribution in [0.2, 0.25) is 0 Å². The molecule has 0 spiro atoms. The first-order valence-electron chi connectivity index (χ1n) is 9.59. The number of aliphatic carboxylic acids is 1. The van der Waals surface area contributed by atoms with Gasteiger partial charge in [-0.1, -0.05) is 30.3 Å². The van der Waals surface area contributed by atoms with Crippen molar-refractivity contribution in [3.05, 3.63) is 65.2 Å². The minimum Gasteiger partial charge on any atom is -0.508 e. The van der Waals surface area contributed by atoms with E-state index in [4.69, 9.17) is 0 Å². The van der Waals surface area contributed by atoms with Crippen molar-refractivity contribution in [3.63, 3.8) is 0 Å². The molecule has 7 nitrogen and oxygen atoms in total. The molecule has 3 N–H and O–H groups in total. The fourth-order valence-corrected chi connectivity index (χ4v) is 5.71. The molecule has 2 amide bonds. The van der Waals surface area contributed by atoms with Gasteiger partial charge in [-0.3, -0.25) is 9.59 Å². The number of nitrogens with one attached hydrogen (secondary N) is 1. The second-order valence-electron chi connectivity index (χ2n) is 8.05. The van der Waals surface area contributed by atoms with Crippen molar-refractivity contribution in [1.82, 2.24) is 10.2 Å². The molecular weight excluding hydrogens is 404 g/mol. The van der Waals surface area contributed by atoms with Gasteiger partial charge in [0.15, 0.2) is 0 Å². The van der Waals surface area contributed by atoms with E-state index in [1.165, 1.54) is 23.9 Å². The largest absolute Gasteiger partial charge is 0.508 e. The lowest BCUT2D eigenvalue weighted by atomic mass is 9.99. The van der Waals surface area contributed by atoms with E-state index in [0.29, 0.717) is 11.1 Å². The van der Waals surface area contributed by atoms with Gasteiger partial charge < -0.3 is 20.4 Å². The van der Waals surface area contributed by atoms with E-state index in [9.17, 15) is 24.6 Å². The zero-order valence-corrected chi connectivity index (χ0v) is 17.3. The number of phenols is 1. The highest BCUT2D eigenvalue weighted by Gasteiger charge is 2.57. The van der Waals surface area contributed by atoms with Crippen molar-refractivity contribution in [2.45, 2.75) is 42.5 Å². The van der Waals surface area contributed by atoms with Gasteiger partial charge >= 0.3 is 5.97 Å². The predicted octanol–water partition coefficient (Wildman–Crippen LogP) is 2.55. The van der Waals surface area contributed by atoms with Gasteiger partial charge in [0, 0.05) is 16.7 Å². The lowest BCUT2D eigenvalue weighted by molar-refractivity contribution is -0.142. The molecular formula is C22H22N2O5S. The summed E-state index contributed by atoms with van der Waals surface area (Å²) in [7, 11) is 0. The quantitative estimate of drug-likeness (QED) is 0.678. The monoisotopic (exact) mass is 426 g/mol. The lowest BCUT2D eigenvalue weighted by Gasteiger charge is -2.30. The Labute approximate surface area is 178 Å². The molecule has 0 bridgehead atoms. The molecule has 0 radical (unpaired) electrons. The molecule has 2 aliphatic rings. The van der Waals surface area contributed by atoms with Crippen LogP contribution < -0.4 is 5.32 Å². The van der Waals surface area contributed by atoms with E-state index in [1.54, 1.807) is 29.2 Å². The number of carbonyl (C=O) groups excluding carboxylic acids is 2. The second kappa shape index (κ2) is 7.36. The maximum atomic E-state index is 13.2. The number of benzene rings is 2. The van der Waals surface area contributed by atoms with Crippen molar-refractivity contribution in [1.29, 1.82) is 0 Å². The summed E-state index contributed by atoms with van der Waals surface area (Å²) in [4.78, 5) is 39.6. The number of amides is 2. The van der Waals surface area contributed by atoms with Gasteiger partial charge in [0.2, 0.25) is 5.91 Å². The molecule has 2 heterocycles. The predicted molar refractivity (Wildman–Crippen MR) is 112 cm³/mol. The molecule has 0 aromatic heterocycles. The van der Waals surface area contributed by atoms with Crippen LogP contribution in [0.4, 0.5) is 0 Å². The Bertz CT molecular complexity index is 1020. The summed E-state index contributed by atoms with van der Waals surface area (Å²) in [6.07, 6.45) is 0.0687. The van der Waals surface area contributed by atoms with Gasteiger partial charge in [-0.15, -0.1) is 11.8 Å². The summed E-state index contributed by atoms with van der Waals surface area (Å²) in [5, 5.41) is 21.4. The van der Waals surface area contributed by atoms with E-state index >= 15 is 0 Å². The van der Waals surface area contributed by atoms with E-state index in [1.807, 2.05) is 26.0 Å². The van der Waals surface area contributed by atoms with E-state index in [0.717, 1.165) is 5.56 Å². The first-order chi connectivity index (χ1) is 14.2. The first kappa shape index (κ1) is 20.3. The van der Waals surface area contributed by atoms with Crippen LogP contribution in [0.3, 0.4) is 0 Å². The van der Waals surface area contributed by atoms with Gasteiger partial charge in [-0.2, -0.15) is 0 Å². The first-order valence-corrected chi connectivity index (χ1v) is 10.5. The molecule has 2 aliphatic heterocycles. The Morgan fingerprint density at radius 3 is 2.50 bits per heavy atom. The molecule has 0 aliphatic carbocycles. The van der Waals surface area contributed by atoms with Crippen molar-refractivity contribution in [2.24, 2.45) is 0 Å². The number of thioether (sulfide) groups is 1. The molecule has 2 aromatic rings. The minimum atomic E-state index is -1.16. The molecule has 1 fully saturated rings. The third-order valence-corrected chi connectivity index (χ3v) is 7.07. The standard InChI is InChI=1S/C22H22N2O5S/c1-22(2)17(24-19(27)14-5-3-4-6-15(14)20(24)30-22)18(26)23-16(21(28)29)11-12-7-9-13(25)10-8-12/h3-10,16-17,20,25H,11H2,1-2H3,(H,23,26)(H,28,29). The summed E-state index contributed by atoms with van der Waals surface area (Å²) in [6, 6.07) is 11.5. The van der Waals surface area contributed by atoms with Gasteiger partial charge in [-0.25, -0.2) is 4.79 Å². The number of carbonyl (C=O) groups is 3. The Kier molecular flexibility index (Phi) is 4.97. The fourth-order valence-electron chi connectivity index (χ4n) is 4.12. The van der Waals surface area contributed by atoms with E-state index < -0.39 is 28.7 Å². The van der Waals surface area contributed by atoms with Crippen LogP contribution in [0.5, 0.6) is 5.75 Å². The number of hydrogen-bond acceptors (Lipinski definition) is 5. The molecule has 1 saturated heterocycles. The average molecular weight is 426 g/mol. The maximum absolute atomic E-state index is 13.2. The average Bonchev–Trinajstić information content (AvgIpc) is 3.12. The van der Waals surface area contributed by atoms with Crippen molar-refractivity contribution >= 4 is 29.5 Å².